The number of unbranched alkanes of at least 4 members (excludes halogenated alkanes) is 2. The molecule has 5 heteroatoms. The van der Waals surface area contributed by atoms with Gasteiger partial charge in [-0.1, -0.05) is 33.6 Å². The van der Waals surface area contributed by atoms with E-state index in [4.69, 9.17) is 9.47 Å². The Morgan fingerprint density at radius 1 is 1.04 bits per heavy atom. The van der Waals surface area contributed by atoms with Crippen LogP contribution in [0.2, 0.25) is 0 Å². The van der Waals surface area contributed by atoms with Crippen LogP contribution in [-0.4, -0.2) is 22.5 Å². The monoisotopic (exact) mass is 342 g/mol. The third-order valence-corrected chi connectivity index (χ3v) is 3.99. The zero-order valence-electron chi connectivity index (χ0n) is 15.2. The largest absolute Gasteiger partial charge is 0.494 e. The van der Waals surface area contributed by atoms with Crippen LogP contribution in [0.1, 0.15) is 46.5 Å². The first-order valence-electron chi connectivity index (χ1n) is 8.91. The van der Waals surface area contributed by atoms with E-state index >= 15 is 0 Å². The summed E-state index contributed by atoms with van der Waals surface area (Å²) >= 11 is 0. The van der Waals surface area contributed by atoms with E-state index < -0.39 is 0 Å². The molecule has 0 aliphatic carbocycles. The van der Waals surface area contributed by atoms with E-state index in [1.165, 1.54) is 25.2 Å². The molecule has 0 N–H and O–H groups in total. The SMILES string of the molecule is CCCCCOc1ccc(-c2ncc(OC(=O)C(C)CC)cn2)cc1. The van der Waals surface area contributed by atoms with Crippen LogP contribution >= 0.6 is 0 Å². The van der Waals surface area contributed by atoms with Crippen molar-refractivity contribution in [2.75, 3.05) is 6.61 Å². The fraction of sp³-hybridized carbons (Fsp3) is 0.450. The maximum atomic E-state index is 11.8. The van der Waals surface area contributed by atoms with Crippen molar-refractivity contribution in [3.63, 3.8) is 0 Å². The molecular formula is C20H26N2O3. The third kappa shape index (κ3) is 5.85. The molecule has 1 unspecified atom stereocenters. The minimum Gasteiger partial charge on any atom is -0.494 e. The lowest BCUT2D eigenvalue weighted by Crippen LogP contribution is -2.17. The molecule has 25 heavy (non-hydrogen) atoms. The summed E-state index contributed by atoms with van der Waals surface area (Å²) in [5.41, 5.74) is 0.890. The molecular weight excluding hydrogens is 316 g/mol. The highest BCUT2D eigenvalue weighted by Gasteiger charge is 2.13. The average molecular weight is 342 g/mol. The summed E-state index contributed by atoms with van der Waals surface area (Å²) in [5, 5.41) is 0. The molecule has 0 bridgehead atoms. The lowest BCUT2D eigenvalue weighted by molar-refractivity contribution is -0.138. The van der Waals surface area contributed by atoms with Crippen LogP contribution in [-0.2, 0) is 4.79 Å². The predicted octanol–water partition coefficient (Wildman–Crippen LogP) is 4.66. The zero-order chi connectivity index (χ0) is 18.1. The molecule has 0 aliphatic heterocycles. The van der Waals surface area contributed by atoms with E-state index in [9.17, 15) is 4.79 Å². The topological polar surface area (TPSA) is 61.3 Å². The van der Waals surface area contributed by atoms with E-state index in [2.05, 4.69) is 16.9 Å². The van der Waals surface area contributed by atoms with Crippen LogP contribution in [0.15, 0.2) is 36.7 Å². The molecule has 1 aromatic heterocycles. The summed E-state index contributed by atoms with van der Waals surface area (Å²) < 4.78 is 11.0. The Hall–Kier alpha value is -2.43. The van der Waals surface area contributed by atoms with Crippen molar-refractivity contribution in [2.24, 2.45) is 5.92 Å². The second-order valence-electron chi connectivity index (χ2n) is 6.05. The van der Waals surface area contributed by atoms with Gasteiger partial charge in [-0.25, -0.2) is 9.97 Å². The maximum Gasteiger partial charge on any atom is 0.314 e. The highest BCUT2D eigenvalue weighted by atomic mass is 16.5. The Labute approximate surface area is 149 Å². The highest BCUT2D eigenvalue weighted by molar-refractivity contribution is 5.74. The Bertz CT molecular complexity index is 654. The number of esters is 1. The number of nitrogens with zero attached hydrogens (tertiary/aromatic N) is 2. The number of aromatic nitrogens is 2. The number of carbonyl (C=O) groups excluding carboxylic acids is 1. The van der Waals surface area contributed by atoms with Crippen LogP contribution in [0.3, 0.4) is 0 Å². The molecule has 0 radical (unpaired) electrons. The van der Waals surface area contributed by atoms with Gasteiger partial charge in [0.1, 0.15) is 5.75 Å². The molecule has 2 aromatic rings. The minimum atomic E-state index is -0.261. The van der Waals surface area contributed by atoms with Crippen LogP contribution in [0.25, 0.3) is 11.4 Å². The van der Waals surface area contributed by atoms with Gasteiger partial charge >= 0.3 is 5.97 Å². The minimum absolute atomic E-state index is 0.135. The van der Waals surface area contributed by atoms with Gasteiger partial charge in [0.25, 0.3) is 0 Å². The van der Waals surface area contributed by atoms with E-state index in [1.807, 2.05) is 38.1 Å². The second kappa shape index (κ2) is 9.77. The molecule has 2 rings (SSSR count). The molecule has 1 atom stereocenters. The molecule has 0 saturated heterocycles. The van der Waals surface area contributed by atoms with E-state index in [0.717, 1.165) is 30.8 Å². The van der Waals surface area contributed by atoms with E-state index in [1.54, 1.807) is 0 Å². The second-order valence-corrected chi connectivity index (χ2v) is 6.05. The van der Waals surface area contributed by atoms with Crippen LogP contribution in [0, 0.1) is 5.92 Å². The third-order valence-electron chi connectivity index (χ3n) is 3.99. The molecule has 0 fully saturated rings. The number of carbonyl (C=O) groups is 1. The van der Waals surface area contributed by atoms with Crippen molar-refractivity contribution >= 4 is 5.97 Å². The van der Waals surface area contributed by atoms with Crippen molar-refractivity contribution in [1.82, 2.24) is 9.97 Å². The van der Waals surface area contributed by atoms with Crippen LogP contribution in [0.5, 0.6) is 11.5 Å². The molecule has 5 nitrogen and oxygen atoms in total. The summed E-state index contributed by atoms with van der Waals surface area (Å²) in [6.45, 7) is 6.69. The summed E-state index contributed by atoms with van der Waals surface area (Å²) in [6.07, 6.45) is 7.22. The Balaban J connectivity index is 1.94. The van der Waals surface area contributed by atoms with Crippen molar-refractivity contribution in [1.29, 1.82) is 0 Å². The fourth-order valence-electron chi connectivity index (χ4n) is 2.14. The first-order valence-corrected chi connectivity index (χ1v) is 8.91. The zero-order valence-corrected chi connectivity index (χ0v) is 15.2. The molecule has 1 aromatic carbocycles. The van der Waals surface area contributed by atoms with Gasteiger partial charge in [-0.15, -0.1) is 0 Å². The Morgan fingerprint density at radius 3 is 2.32 bits per heavy atom. The summed E-state index contributed by atoms with van der Waals surface area (Å²) in [4.78, 5) is 20.3. The first-order chi connectivity index (χ1) is 12.1. The Morgan fingerprint density at radius 2 is 1.72 bits per heavy atom. The standard InChI is InChI=1S/C20H26N2O3/c1-4-6-7-12-24-17-10-8-16(9-11-17)19-21-13-18(14-22-19)25-20(23)15(3)5-2/h8-11,13-15H,4-7,12H2,1-3H3. The van der Waals surface area contributed by atoms with E-state index in [-0.39, 0.29) is 11.9 Å². The molecule has 0 amide bonds. The number of ether oxygens (including phenoxy) is 2. The number of hydrogen-bond acceptors (Lipinski definition) is 5. The number of hydrogen-bond donors (Lipinski definition) is 0. The fourth-order valence-corrected chi connectivity index (χ4v) is 2.14. The van der Waals surface area contributed by atoms with Gasteiger partial charge in [-0.2, -0.15) is 0 Å². The molecule has 0 saturated carbocycles. The van der Waals surface area contributed by atoms with Crippen molar-refractivity contribution in [3.05, 3.63) is 36.7 Å². The van der Waals surface area contributed by atoms with Crippen LogP contribution in [0.4, 0.5) is 0 Å². The first kappa shape index (κ1) is 18.9. The quantitative estimate of drug-likeness (QED) is 0.490. The van der Waals surface area contributed by atoms with Crippen molar-refractivity contribution in [2.45, 2.75) is 46.5 Å². The van der Waals surface area contributed by atoms with Crippen molar-refractivity contribution < 1.29 is 14.3 Å². The van der Waals surface area contributed by atoms with E-state index in [0.29, 0.717) is 11.6 Å². The summed E-state index contributed by atoms with van der Waals surface area (Å²) in [6, 6.07) is 7.69. The molecule has 0 spiro atoms. The van der Waals surface area contributed by atoms with Gasteiger partial charge in [0.05, 0.1) is 24.9 Å². The summed E-state index contributed by atoms with van der Waals surface area (Å²) in [7, 11) is 0. The smallest absolute Gasteiger partial charge is 0.314 e. The lowest BCUT2D eigenvalue weighted by atomic mass is 10.1. The van der Waals surface area contributed by atoms with Gasteiger partial charge in [-0.05, 0) is 37.1 Å². The maximum absolute atomic E-state index is 11.8. The summed E-state index contributed by atoms with van der Waals surface area (Å²) in [5.74, 6) is 1.40. The normalized spacial score (nSPS) is 11.8. The molecule has 1 heterocycles. The molecule has 134 valence electrons. The van der Waals surface area contributed by atoms with Crippen LogP contribution < -0.4 is 9.47 Å². The van der Waals surface area contributed by atoms with Gasteiger partial charge in [0.2, 0.25) is 0 Å². The van der Waals surface area contributed by atoms with Gasteiger partial charge < -0.3 is 9.47 Å². The molecule has 0 aliphatic rings. The number of benzene rings is 1. The number of rotatable bonds is 9. The van der Waals surface area contributed by atoms with Gasteiger partial charge in [0, 0.05) is 5.56 Å². The van der Waals surface area contributed by atoms with Crippen molar-refractivity contribution in [3.8, 4) is 22.9 Å². The highest BCUT2D eigenvalue weighted by Crippen LogP contribution is 2.21. The lowest BCUT2D eigenvalue weighted by Gasteiger charge is -2.09. The van der Waals surface area contributed by atoms with Gasteiger partial charge in [-0.3, -0.25) is 4.79 Å². The Kier molecular flexibility index (Phi) is 7.38. The average Bonchev–Trinajstić information content (AvgIpc) is 2.65. The van der Waals surface area contributed by atoms with Gasteiger partial charge in [0.15, 0.2) is 11.6 Å². The predicted molar refractivity (Wildman–Crippen MR) is 97.6 cm³/mol.